The van der Waals surface area contributed by atoms with Gasteiger partial charge in [-0.1, -0.05) is 17.7 Å². The van der Waals surface area contributed by atoms with Gasteiger partial charge in [0.1, 0.15) is 11.5 Å². The van der Waals surface area contributed by atoms with E-state index in [2.05, 4.69) is 20.3 Å². The number of ether oxygens (including phenoxy) is 1. The number of carbonyl (C=O) groups is 1. The van der Waals surface area contributed by atoms with E-state index in [0.717, 1.165) is 16.6 Å². The molecule has 0 aliphatic rings. The van der Waals surface area contributed by atoms with Crippen molar-refractivity contribution in [2.45, 2.75) is 6.92 Å². The molecular formula is C20H15ClN4O2. The molecule has 0 unspecified atom stereocenters. The highest BCUT2D eigenvalue weighted by molar-refractivity contribution is 6.32. The van der Waals surface area contributed by atoms with E-state index in [1.807, 2.05) is 13.0 Å². The maximum absolute atomic E-state index is 12.6. The standard InChI is InChI=1S/C20H15ClN4O2/c1-12-16(21)5-6-17-18(12)24-20(23-17)25-19(26)13-3-2-4-15(11-13)27-14-7-9-22-10-8-14/h2-11H,1H3,(H2,23,24,25,26). The number of carbonyl (C=O) groups excluding carboxylic acids is 1. The summed E-state index contributed by atoms with van der Waals surface area (Å²) in [7, 11) is 0. The zero-order valence-electron chi connectivity index (χ0n) is 14.4. The number of nitrogens with one attached hydrogen (secondary N) is 2. The second-order valence-electron chi connectivity index (χ2n) is 5.92. The van der Waals surface area contributed by atoms with Crippen molar-refractivity contribution in [3.63, 3.8) is 0 Å². The molecule has 0 aliphatic carbocycles. The molecule has 0 saturated carbocycles. The van der Waals surface area contributed by atoms with Gasteiger partial charge in [-0.25, -0.2) is 4.98 Å². The van der Waals surface area contributed by atoms with Crippen molar-refractivity contribution < 1.29 is 9.53 Å². The van der Waals surface area contributed by atoms with Gasteiger partial charge in [0.05, 0.1) is 11.0 Å². The third-order valence-electron chi connectivity index (χ3n) is 4.06. The van der Waals surface area contributed by atoms with E-state index in [4.69, 9.17) is 16.3 Å². The molecule has 0 radical (unpaired) electrons. The van der Waals surface area contributed by atoms with Gasteiger partial charge < -0.3 is 9.72 Å². The fraction of sp³-hybridized carbons (Fsp3) is 0.0500. The van der Waals surface area contributed by atoms with Crippen LogP contribution in [0.15, 0.2) is 60.9 Å². The lowest BCUT2D eigenvalue weighted by Gasteiger charge is -2.07. The van der Waals surface area contributed by atoms with Crippen LogP contribution in [0.2, 0.25) is 5.02 Å². The average Bonchev–Trinajstić information content (AvgIpc) is 3.09. The Hall–Kier alpha value is -3.38. The Balaban J connectivity index is 1.55. The first-order valence-electron chi connectivity index (χ1n) is 8.24. The molecule has 0 atom stereocenters. The van der Waals surface area contributed by atoms with Crippen molar-refractivity contribution in [3.05, 3.63) is 77.1 Å². The Morgan fingerprint density at radius 1 is 1.11 bits per heavy atom. The number of nitrogens with zero attached hydrogens (tertiary/aromatic N) is 2. The minimum absolute atomic E-state index is 0.294. The van der Waals surface area contributed by atoms with Crippen LogP contribution < -0.4 is 10.1 Å². The summed E-state index contributed by atoms with van der Waals surface area (Å²) < 4.78 is 5.74. The average molecular weight is 379 g/mol. The first-order chi connectivity index (χ1) is 13.1. The summed E-state index contributed by atoms with van der Waals surface area (Å²) in [5.74, 6) is 1.27. The normalized spacial score (nSPS) is 10.7. The van der Waals surface area contributed by atoms with Crippen molar-refractivity contribution in [1.29, 1.82) is 0 Å². The summed E-state index contributed by atoms with van der Waals surface area (Å²) in [5.41, 5.74) is 2.85. The molecule has 0 saturated heterocycles. The molecule has 0 fully saturated rings. The summed E-state index contributed by atoms with van der Waals surface area (Å²) in [6.45, 7) is 1.89. The lowest BCUT2D eigenvalue weighted by atomic mass is 10.2. The zero-order chi connectivity index (χ0) is 18.8. The van der Waals surface area contributed by atoms with Crippen LogP contribution in [0.3, 0.4) is 0 Å². The predicted octanol–water partition coefficient (Wildman–Crippen LogP) is 4.96. The second kappa shape index (κ2) is 7.09. The van der Waals surface area contributed by atoms with Crippen molar-refractivity contribution in [2.75, 3.05) is 5.32 Å². The first-order valence-corrected chi connectivity index (χ1v) is 8.62. The van der Waals surface area contributed by atoms with Gasteiger partial charge in [-0.05, 0) is 55.0 Å². The van der Waals surface area contributed by atoms with Gasteiger partial charge in [0, 0.05) is 23.0 Å². The Labute approximate surface area is 160 Å². The van der Waals surface area contributed by atoms with Crippen LogP contribution in [0.1, 0.15) is 15.9 Å². The minimum Gasteiger partial charge on any atom is -0.457 e. The van der Waals surface area contributed by atoms with E-state index in [1.165, 1.54) is 0 Å². The number of amides is 1. The number of imidazole rings is 1. The van der Waals surface area contributed by atoms with Crippen molar-refractivity contribution in [2.24, 2.45) is 0 Å². The maximum Gasteiger partial charge on any atom is 0.258 e. The SMILES string of the molecule is Cc1c(Cl)ccc2[nH]c(NC(=O)c3cccc(Oc4ccncc4)c3)nc12. The predicted molar refractivity (Wildman–Crippen MR) is 105 cm³/mol. The van der Waals surface area contributed by atoms with Crippen LogP contribution in [0.25, 0.3) is 11.0 Å². The number of benzene rings is 2. The molecule has 2 N–H and O–H groups in total. The van der Waals surface area contributed by atoms with E-state index in [1.54, 1.807) is 54.9 Å². The Morgan fingerprint density at radius 2 is 1.93 bits per heavy atom. The number of pyridine rings is 1. The number of hydrogen-bond acceptors (Lipinski definition) is 4. The molecule has 0 aliphatic heterocycles. The molecular weight excluding hydrogens is 364 g/mol. The molecule has 1 amide bonds. The Bertz CT molecular complexity index is 1130. The third-order valence-corrected chi connectivity index (χ3v) is 4.46. The third kappa shape index (κ3) is 3.61. The van der Waals surface area contributed by atoms with Gasteiger partial charge in [0.2, 0.25) is 5.95 Å². The van der Waals surface area contributed by atoms with Gasteiger partial charge >= 0.3 is 0 Å². The number of fused-ring (bicyclic) bond motifs is 1. The molecule has 2 aromatic carbocycles. The van der Waals surface area contributed by atoms with Gasteiger partial charge in [-0.2, -0.15) is 0 Å². The molecule has 2 heterocycles. The second-order valence-corrected chi connectivity index (χ2v) is 6.33. The number of H-pyrrole nitrogens is 1. The number of anilines is 1. The number of halogens is 1. The fourth-order valence-electron chi connectivity index (χ4n) is 2.67. The summed E-state index contributed by atoms with van der Waals surface area (Å²) >= 11 is 6.12. The molecule has 134 valence electrons. The number of hydrogen-bond donors (Lipinski definition) is 2. The van der Waals surface area contributed by atoms with E-state index < -0.39 is 0 Å². The van der Waals surface area contributed by atoms with Gasteiger partial charge in [-0.3, -0.25) is 15.1 Å². The summed E-state index contributed by atoms with van der Waals surface area (Å²) in [4.78, 5) is 24.0. The highest BCUT2D eigenvalue weighted by Crippen LogP contribution is 2.25. The van der Waals surface area contributed by atoms with Crippen molar-refractivity contribution >= 4 is 34.5 Å². The van der Waals surface area contributed by atoms with Gasteiger partial charge in [-0.15, -0.1) is 0 Å². The minimum atomic E-state index is -0.294. The van der Waals surface area contributed by atoms with E-state index in [0.29, 0.717) is 28.0 Å². The molecule has 2 aromatic heterocycles. The van der Waals surface area contributed by atoms with Crippen LogP contribution in [0, 0.1) is 6.92 Å². The molecule has 7 heteroatoms. The van der Waals surface area contributed by atoms with Crippen molar-refractivity contribution in [3.8, 4) is 11.5 Å². The molecule has 0 spiro atoms. The summed E-state index contributed by atoms with van der Waals surface area (Å²) in [6, 6.07) is 14.0. The highest BCUT2D eigenvalue weighted by Gasteiger charge is 2.12. The highest BCUT2D eigenvalue weighted by atomic mass is 35.5. The molecule has 27 heavy (non-hydrogen) atoms. The van der Waals surface area contributed by atoms with E-state index in [-0.39, 0.29) is 5.91 Å². The maximum atomic E-state index is 12.6. The molecule has 0 bridgehead atoms. The van der Waals surface area contributed by atoms with Crippen LogP contribution in [0.4, 0.5) is 5.95 Å². The van der Waals surface area contributed by atoms with Crippen LogP contribution in [-0.4, -0.2) is 20.9 Å². The molecule has 4 rings (SSSR count). The topological polar surface area (TPSA) is 79.9 Å². The lowest BCUT2D eigenvalue weighted by Crippen LogP contribution is -2.12. The number of aromatic nitrogens is 3. The van der Waals surface area contributed by atoms with E-state index in [9.17, 15) is 4.79 Å². The molecule has 6 nitrogen and oxygen atoms in total. The first kappa shape index (κ1) is 17.1. The molecule has 4 aromatic rings. The Morgan fingerprint density at radius 3 is 2.74 bits per heavy atom. The smallest absolute Gasteiger partial charge is 0.258 e. The fourth-order valence-corrected chi connectivity index (χ4v) is 2.82. The number of rotatable bonds is 4. The summed E-state index contributed by atoms with van der Waals surface area (Å²) in [5, 5.41) is 3.40. The van der Waals surface area contributed by atoms with Crippen LogP contribution in [0.5, 0.6) is 11.5 Å². The zero-order valence-corrected chi connectivity index (χ0v) is 15.1. The Kier molecular flexibility index (Phi) is 4.48. The van der Waals surface area contributed by atoms with Gasteiger partial charge in [0.15, 0.2) is 0 Å². The van der Waals surface area contributed by atoms with Crippen LogP contribution in [-0.2, 0) is 0 Å². The van der Waals surface area contributed by atoms with Gasteiger partial charge in [0.25, 0.3) is 5.91 Å². The van der Waals surface area contributed by atoms with E-state index >= 15 is 0 Å². The monoisotopic (exact) mass is 378 g/mol. The number of aromatic amines is 1. The van der Waals surface area contributed by atoms with Crippen molar-refractivity contribution in [1.82, 2.24) is 15.0 Å². The summed E-state index contributed by atoms with van der Waals surface area (Å²) in [6.07, 6.45) is 3.28. The number of aryl methyl sites for hydroxylation is 1. The largest absolute Gasteiger partial charge is 0.457 e. The quantitative estimate of drug-likeness (QED) is 0.525. The van der Waals surface area contributed by atoms with Crippen LogP contribution >= 0.6 is 11.6 Å². The lowest BCUT2D eigenvalue weighted by molar-refractivity contribution is 0.102.